The zero-order valence-corrected chi connectivity index (χ0v) is 21.5. The highest BCUT2D eigenvalue weighted by molar-refractivity contribution is 6.26. The summed E-state index contributed by atoms with van der Waals surface area (Å²) in [6, 6.07) is 4.15. The summed E-state index contributed by atoms with van der Waals surface area (Å²) in [6.07, 6.45) is -9.60. The number of hydrogen-bond acceptors (Lipinski definition) is 6. The average molecular weight is 614 g/mol. The van der Waals surface area contributed by atoms with Crippen LogP contribution in [0.1, 0.15) is 19.3 Å². The van der Waals surface area contributed by atoms with Crippen molar-refractivity contribution in [3.63, 3.8) is 0 Å². The van der Waals surface area contributed by atoms with Gasteiger partial charge in [-0.05, 0) is 43.2 Å². The first-order valence-electron chi connectivity index (χ1n) is 12.0. The number of benzene rings is 1. The third-order valence-corrected chi connectivity index (χ3v) is 5.28. The fraction of sp³-hybridized carbons (Fsp3) is 0.385. The molecule has 1 aromatic rings. The number of anilines is 1. The predicted molar refractivity (Wildman–Crippen MR) is 130 cm³/mol. The first-order valence-corrected chi connectivity index (χ1v) is 12.0. The Morgan fingerprint density at radius 1 is 0.952 bits per heavy atom. The summed E-state index contributed by atoms with van der Waals surface area (Å²) >= 11 is 0. The van der Waals surface area contributed by atoms with E-state index in [9.17, 15) is 44.3 Å². The molecule has 0 saturated heterocycles. The summed E-state index contributed by atoms with van der Waals surface area (Å²) in [6.45, 7) is -0.285. The van der Waals surface area contributed by atoms with E-state index >= 15 is 0 Å². The average Bonchev–Trinajstić information content (AvgIpc) is 3.71. The molecule has 0 N–H and O–H groups in total. The van der Waals surface area contributed by atoms with Crippen molar-refractivity contribution in [1.82, 2.24) is 0 Å². The van der Waals surface area contributed by atoms with E-state index < -0.39 is 74.0 Å². The van der Waals surface area contributed by atoms with Crippen molar-refractivity contribution in [1.29, 1.82) is 0 Å². The minimum atomic E-state index is -4.96. The molecule has 1 saturated carbocycles. The van der Waals surface area contributed by atoms with Crippen LogP contribution in [-0.2, 0) is 19.0 Å². The van der Waals surface area contributed by atoms with Crippen molar-refractivity contribution in [2.24, 2.45) is 4.99 Å². The van der Waals surface area contributed by atoms with Gasteiger partial charge < -0.3 is 18.9 Å². The van der Waals surface area contributed by atoms with Crippen LogP contribution in [0.5, 0.6) is 5.75 Å². The zero-order chi connectivity index (χ0) is 31.1. The molecule has 1 aromatic carbocycles. The first-order chi connectivity index (χ1) is 19.5. The van der Waals surface area contributed by atoms with Crippen LogP contribution in [0.2, 0.25) is 0 Å². The van der Waals surface area contributed by atoms with E-state index in [4.69, 9.17) is 4.74 Å². The molecule has 0 radical (unpaired) electrons. The molecule has 1 aliphatic carbocycles. The van der Waals surface area contributed by atoms with E-state index in [2.05, 4.69) is 25.8 Å². The molecule has 0 bridgehead atoms. The van der Waals surface area contributed by atoms with E-state index in [0.29, 0.717) is 6.08 Å². The number of hydrogen-bond donors (Lipinski definition) is 0. The zero-order valence-electron chi connectivity index (χ0n) is 21.5. The lowest BCUT2D eigenvalue weighted by Crippen LogP contribution is -2.36. The molecule has 0 atom stereocenters. The Balaban J connectivity index is 1.85. The standard InChI is InChI=1S/C26H23F9N2O5/c1-16(21-9-8-20(40-13-24(27,28)29)12-22(36-21)41-14-25(30,31)32)23(38)37(15-39-11-10-17-2-3-17)18-4-6-19(7-5-18)42-26(33,34)35/h4-8,10,12H,1-3,9,11,13-15H2. The van der Waals surface area contributed by atoms with Crippen LogP contribution < -0.4 is 9.64 Å². The molecule has 0 unspecified atom stereocenters. The Morgan fingerprint density at radius 2 is 1.57 bits per heavy atom. The van der Waals surface area contributed by atoms with Crippen LogP contribution in [0, 0.1) is 0 Å². The quantitative estimate of drug-likeness (QED) is 0.0843. The molecule has 1 fully saturated rings. The number of ether oxygens (including phenoxy) is 4. The Hall–Kier alpha value is -3.95. The van der Waals surface area contributed by atoms with Gasteiger partial charge >= 0.3 is 18.7 Å². The van der Waals surface area contributed by atoms with Crippen molar-refractivity contribution in [3.8, 4) is 5.75 Å². The molecular formula is C26H23F9N2O5. The third-order valence-electron chi connectivity index (χ3n) is 5.28. The van der Waals surface area contributed by atoms with Crippen molar-refractivity contribution in [3.05, 3.63) is 71.9 Å². The minimum absolute atomic E-state index is 0.0396. The summed E-state index contributed by atoms with van der Waals surface area (Å²) in [5.41, 5.74) is 0.482. The van der Waals surface area contributed by atoms with Gasteiger partial charge in [-0.15, -0.1) is 13.2 Å². The Bertz CT molecular complexity index is 1250. The third kappa shape index (κ3) is 11.5. The SMILES string of the molecule is C=C(C(=O)N(COCC=C1CC1)c1ccc(OC(F)(F)F)cc1)C1=NC(OCC(F)(F)F)=CC(OCC(F)(F)F)=CC1. The van der Waals surface area contributed by atoms with Gasteiger partial charge in [-0.1, -0.05) is 18.2 Å². The second-order valence-corrected chi connectivity index (χ2v) is 8.78. The van der Waals surface area contributed by atoms with Crippen LogP contribution in [0.3, 0.4) is 0 Å². The maximum Gasteiger partial charge on any atom is 0.573 e. The summed E-state index contributed by atoms with van der Waals surface area (Å²) in [5.74, 6) is -2.80. The highest BCUT2D eigenvalue weighted by atomic mass is 19.4. The molecule has 1 heterocycles. The number of carbonyl (C=O) groups is 1. The van der Waals surface area contributed by atoms with E-state index in [1.54, 1.807) is 6.08 Å². The Kier molecular flexibility index (Phi) is 10.4. The Morgan fingerprint density at radius 3 is 2.14 bits per heavy atom. The summed E-state index contributed by atoms with van der Waals surface area (Å²) in [4.78, 5) is 18.3. The van der Waals surface area contributed by atoms with Gasteiger partial charge in [0.2, 0.25) is 5.88 Å². The number of allylic oxidation sites excluding steroid dienone is 3. The minimum Gasteiger partial charge on any atom is -0.484 e. The van der Waals surface area contributed by atoms with Crippen LogP contribution in [-0.4, -0.2) is 56.9 Å². The van der Waals surface area contributed by atoms with Gasteiger partial charge in [0.1, 0.15) is 18.2 Å². The number of amides is 1. The van der Waals surface area contributed by atoms with Crippen LogP contribution in [0.25, 0.3) is 0 Å². The summed E-state index contributed by atoms with van der Waals surface area (Å²) in [5, 5.41) is 0. The molecule has 0 spiro atoms. The van der Waals surface area contributed by atoms with Crippen LogP contribution in [0.15, 0.2) is 76.9 Å². The highest BCUT2D eigenvalue weighted by Gasteiger charge is 2.33. The maximum absolute atomic E-state index is 13.5. The van der Waals surface area contributed by atoms with Crippen LogP contribution in [0.4, 0.5) is 45.2 Å². The monoisotopic (exact) mass is 614 g/mol. The highest BCUT2D eigenvalue weighted by Crippen LogP contribution is 2.29. The fourth-order valence-corrected chi connectivity index (χ4v) is 3.24. The van der Waals surface area contributed by atoms with Gasteiger partial charge in [-0.3, -0.25) is 9.69 Å². The number of carbonyl (C=O) groups excluding carboxylic acids is 1. The van der Waals surface area contributed by atoms with Crippen molar-refractivity contribution in [2.45, 2.75) is 38.0 Å². The van der Waals surface area contributed by atoms with Crippen LogP contribution >= 0.6 is 0 Å². The van der Waals surface area contributed by atoms with E-state index in [0.717, 1.165) is 53.7 Å². The summed E-state index contributed by atoms with van der Waals surface area (Å²) in [7, 11) is 0. The topological polar surface area (TPSA) is 69.6 Å². The molecule has 0 aromatic heterocycles. The van der Waals surface area contributed by atoms with Gasteiger partial charge in [0.15, 0.2) is 13.2 Å². The van der Waals surface area contributed by atoms with Crippen molar-refractivity contribution in [2.75, 3.05) is 31.5 Å². The molecule has 230 valence electrons. The number of aliphatic imine (C=N–C) groups is 1. The lowest BCUT2D eigenvalue weighted by atomic mass is 10.1. The lowest BCUT2D eigenvalue weighted by molar-refractivity contribution is -0.274. The molecule has 7 nitrogen and oxygen atoms in total. The Labute approximate surface area is 233 Å². The molecular weight excluding hydrogens is 591 g/mol. The maximum atomic E-state index is 13.5. The molecule has 16 heteroatoms. The van der Waals surface area contributed by atoms with E-state index in [1.807, 2.05) is 0 Å². The van der Waals surface area contributed by atoms with E-state index in [-0.39, 0.29) is 18.0 Å². The summed E-state index contributed by atoms with van der Waals surface area (Å²) < 4.78 is 132. The normalized spacial score (nSPS) is 15.5. The van der Waals surface area contributed by atoms with Crippen molar-refractivity contribution < 1.29 is 63.3 Å². The molecule has 2 aliphatic rings. The molecule has 3 rings (SSSR count). The number of rotatable bonds is 12. The largest absolute Gasteiger partial charge is 0.573 e. The second kappa shape index (κ2) is 13.4. The number of halogens is 9. The fourth-order valence-electron chi connectivity index (χ4n) is 3.24. The lowest BCUT2D eigenvalue weighted by Gasteiger charge is -2.24. The van der Waals surface area contributed by atoms with Gasteiger partial charge in [-0.2, -0.15) is 26.3 Å². The van der Waals surface area contributed by atoms with Crippen molar-refractivity contribution >= 4 is 17.3 Å². The predicted octanol–water partition coefficient (Wildman–Crippen LogP) is 6.90. The molecule has 42 heavy (non-hydrogen) atoms. The number of alkyl halides is 9. The van der Waals surface area contributed by atoms with Gasteiger partial charge in [0, 0.05) is 18.2 Å². The first kappa shape index (κ1) is 32.6. The number of nitrogens with zero attached hydrogens (tertiary/aromatic N) is 2. The van der Waals surface area contributed by atoms with Gasteiger partial charge in [0.25, 0.3) is 5.91 Å². The molecule has 1 amide bonds. The second-order valence-electron chi connectivity index (χ2n) is 8.78. The molecule has 1 aliphatic heterocycles. The van der Waals surface area contributed by atoms with E-state index in [1.165, 1.54) is 0 Å². The van der Waals surface area contributed by atoms with Gasteiger partial charge in [0.05, 0.1) is 17.9 Å². The van der Waals surface area contributed by atoms with Gasteiger partial charge in [-0.25, -0.2) is 4.99 Å². The smallest absolute Gasteiger partial charge is 0.484 e.